The van der Waals surface area contributed by atoms with Crippen LogP contribution in [0.15, 0.2) is 0 Å². The molecule has 2 atom stereocenters. The zero-order valence-corrected chi connectivity index (χ0v) is 7.92. The zero-order valence-electron chi connectivity index (χ0n) is 7.92. The van der Waals surface area contributed by atoms with Crippen LogP contribution >= 0.6 is 0 Å². The molecule has 0 fully saturated rings. The summed E-state index contributed by atoms with van der Waals surface area (Å²) < 4.78 is 5.13. The highest BCUT2D eigenvalue weighted by Crippen LogP contribution is 2.15. The molecule has 0 spiro atoms. The molecule has 5 N–H and O–H groups in total. The van der Waals surface area contributed by atoms with Crippen molar-refractivity contribution in [3.05, 3.63) is 0 Å². The van der Waals surface area contributed by atoms with Crippen LogP contribution in [0.2, 0.25) is 0 Å². The summed E-state index contributed by atoms with van der Waals surface area (Å²) in [5.41, 5.74) is 9.91. The number of hydrogen-bond donors (Lipinski definition) is 3. The van der Waals surface area contributed by atoms with Crippen LogP contribution in [0.4, 0.5) is 0 Å². The lowest BCUT2D eigenvalue weighted by molar-refractivity contribution is -0.0692. The average molecular weight is 176 g/mol. The molecule has 74 valence electrons. The van der Waals surface area contributed by atoms with E-state index >= 15 is 0 Å². The highest BCUT2D eigenvalue weighted by molar-refractivity contribution is 4.85. The van der Waals surface area contributed by atoms with Gasteiger partial charge in [-0.1, -0.05) is 6.92 Å². The quantitative estimate of drug-likeness (QED) is 0.500. The molecule has 0 heterocycles. The van der Waals surface area contributed by atoms with Gasteiger partial charge in [-0.3, -0.25) is 0 Å². The Bertz CT molecular complexity index is 122. The number of ether oxygens (including phenoxy) is 1. The van der Waals surface area contributed by atoms with Crippen molar-refractivity contribution < 1.29 is 9.84 Å². The molecule has 12 heavy (non-hydrogen) atoms. The van der Waals surface area contributed by atoms with Crippen molar-refractivity contribution >= 4 is 0 Å². The third kappa shape index (κ3) is 3.06. The van der Waals surface area contributed by atoms with Crippen molar-refractivity contribution in [2.75, 3.05) is 26.3 Å². The summed E-state index contributed by atoms with van der Waals surface area (Å²) in [6.07, 6.45) is 0. The predicted octanol–water partition coefficient (Wildman–Crippen LogP) is -0.692. The Morgan fingerprint density at radius 3 is 2.42 bits per heavy atom. The van der Waals surface area contributed by atoms with Crippen LogP contribution in [-0.4, -0.2) is 37.0 Å². The Morgan fingerprint density at radius 1 is 1.50 bits per heavy atom. The highest BCUT2D eigenvalue weighted by atomic mass is 16.5. The number of hydrogen-bond acceptors (Lipinski definition) is 4. The van der Waals surface area contributed by atoms with E-state index < -0.39 is 5.60 Å². The Balaban J connectivity index is 4.03. The lowest BCUT2D eigenvalue weighted by atomic mass is 9.90. The minimum absolute atomic E-state index is 0.0333. The van der Waals surface area contributed by atoms with Crippen LogP contribution in [0, 0.1) is 5.92 Å². The van der Waals surface area contributed by atoms with Gasteiger partial charge in [0.2, 0.25) is 0 Å². The standard InChI is InChI=1S/C8H20N2O2/c1-3-12-6-8(11,5-10)7(2)4-9/h7,11H,3-6,9-10H2,1-2H3. The molecule has 0 aromatic rings. The zero-order chi connectivity index (χ0) is 9.61. The molecule has 0 radical (unpaired) electrons. The summed E-state index contributed by atoms with van der Waals surface area (Å²) in [5, 5.41) is 9.89. The Kier molecular flexibility index (Phi) is 5.41. The monoisotopic (exact) mass is 176 g/mol. The molecular formula is C8H20N2O2. The molecular weight excluding hydrogens is 156 g/mol. The first-order valence-corrected chi connectivity index (χ1v) is 4.31. The van der Waals surface area contributed by atoms with Gasteiger partial charge >= 0.3 is 0 Å². The van der Waals surface area contributed by atoms with Gasteiger partial charge in [0.25, 0.3) is 0 Å². The fraction of sp³-hybridized carbons (Fsp3) is 1.00. The largest absolute Gasteiger partial charge is 0.386 e. The molecule has 0 saturated carbocycles. The predicted molar refractivity (Wildman–Crippen MR) is 48.7 cm³/mol. The van der Waals surface area contributed by atoms with Crippen molar-refractivity contribution in [2.45, 2.75) is 19.4 Å². The van der Waals surface area contributed by atoms with Gasteiger partial charge in [0.1, 0.15) is 5.60 Å². The molecule has 0 rings (SSSR count). The molecule has 0 aliphatic rings. The second-order valence-corrected chi connectivity index (χ2v) is 3.08. The van der Waals surface area contributed by atoms with Gasteiger partial charge in [-0.15, -0.1) is 0 Å². The smallest absolute Gasteiger partial charge is 0.104 e. The van der Waals surface area contributed by atoms with Crippen molar-refractivity contribution in [3.63, 3.8) is 0 Å². The second-order valence-electron chi connectivity index (χ2n) is 3.08. The lowest BCUT2D eigenvalue weighted by Crippen LogP contribution is -2.50. The van der Waals surface area contributed by atoms with E-state index in [1.165, 1.54) is 0 Å². The van der Waals surface area contributed by atoms with E-state index in [2.05, 4.69) is 0 Å². The van der Waals surface area contributed by atoms with Crippen molar-refractivity contribution in [1.29, 1.82) is 0 Å². The molecule has 0 aromatic carbocycles. The molecule has 2 unspecified atom stereocenters. The van der Waals surface area contributed by atoms with Crippen LogP contribution in [0.5, 0.6) is 0 Å². The molecule has 0 bridgehead atoms. The number of rotatable bonds is 6. The first-order valence-electron chi connectivity index (χ1n) is 4.31. The van der Waals surface area contributed by atoms with Crippen LogP contribution in [0.1, 0.15) is 13.8 Å². The van der Waals surface area contributed by atoms with Gasteiger partial charge in [0.15, 0.2) is 0 Å². The summed E-state index contributed by atoms with van der Waals surface area (Å²) in [6.45, 7) is 5.19. The van der Waals surface area contributed by atoms with E-state index in [1.54, 1.807) is 0 Å². The van der Waals surface area contributed by atoms with Gasteiger partial charge < -0.3 is 21.3 Å². The highest BCUT2D eigenvalue weighted by Gasteiger charge is 2.31. The first-order chi connectivity index (χ1) is 5.60. The number of aliphatic hydroxyl groups is 1. The van der Waals surface area contributed by atoms with Crippen molar-refractivity contribution in [2.24, 2.45) is 17.4 Å². The molecule has 0 saturated heterocycles. The van der Waals surface area contributed by atoms with Crippen LogP contribution in [0.3, 0.4) is 0 Å². The summed E-state index contributed by atoms with van der Waals surface area (Å²) in [7, 11) is 0. The Morgan fingerprint density at radius 2 is 2.08 bits per heavy atom. The maximum Gasteiger partial charge on any atom is 0.104 e. The topological polar surface area (TPSA) is 81.5 Å². The minimum Gasteiger partial charge on any atom is -0.386 e. The lowest BCUT2D eigenvalue weighted by Gasteiger charge is -2.31. The summed E-state index contributed by atoms with van der Waals surface area (Å²) in [6, 6.07) is 0. The van der Waals surface area contributed by atoms with Crippen LogP contribution in [-0.2, 0) is 4.74 Å². The van der Waals surface area contributed by atoms with E-state index in [-0.39, 0.29) is 19.1 Å². The maximum atomic E-state index is 9.89. The first kappa shape index (κ1) is 11.8. The van der Waals surface area contributed by atoms with E-state index in [9.17, 15) is 5.11 Å². The Hall–Kier alpha value is -0.160. The molecule has 4 nitrogen and oxygen atoms in total. The van der Waals surface area contributed by atoms with Crippen molar-refractivity contribution in [3.8, 4) is 0 Å². The fourth-order valence-corrected chi connectivity index (χ4v) is 0.901. The summed E-state index contributed by atoms with van der Waals surface area (Å²) in [4.78, 5) is 0. The van der Waals surface area contributed by atoms with Gasteiger partial charge in [-0.05, 0) is 13.5 Å². The van der Waals surface area contributed by atoms with Gasteiger partial charge in [-0.25, -0.2) is 0 Å². The van der Waals surface area contributed by atoms with E-state index in [0.717, 1.165) is 0 Å². The summed E-state index contributed by atoms with van der Waals surface area (Å²) in [5.74, 6) is -0.0333. The third-order valence-corrected chi connectivity index (χ3v) is 2.18. The molecule has 0 amide bonds. The summed E-state index contributed by atoms with van der Waals surface area (Å²) >= 11 is 0. The Labute approximate surface area is 73.9 Å². The van der Waals surface area contributed by atoms with Crippen molar-refractivity contribution in [1.82, 2.24) is 0 Å². The van der Waals surface area contributed by atoms with E-state index in [4.69, 9.17) is 16.2 Å². The average Bonchev–Trinajstić information content (AvgIpc) is 2.12. The number of nitrogens with two attached hydrogens (primary N) is 2. The SMILES string of the molecule is CCOCC(O)(CN)C(C)CN. The van der Waals surface area contributed by atoms with E-state index in [1.807, 2.05) is 13.8 Å². The van der Waals surface area contributed by atoms with Gasteiger partial charge in [0, 0.05) is 19.1 Å². The van der Waals surface area contributed by atoms with Gasteiger partial charge in [-0.2, -0.15) is 0 Å². The molecule has 0 aromatic heterocycles. The third-order valence-electron chi connectivity index (χ3n) is 2.18. The fourth-order valence-electron chi connectivity index (χ4n) is 0.901. The molecule has 0 aliphatic heterocycles. The van der Waals surface area contributed by atoms with E-state index in [0.29, 0.717) is 13.2 Å². The van der Waals surface area contributed by atoms with Gasteiger partial charge in [0.05, 0.1) is 6.61 Å². The molecule has 4 heteroatoms. The van der Waals surface area contributed by atoms with Crippen LogP contribution < -0.4 is 11.5 Å². The maximum absolute atomic E-state index is 9.89. The van der Waals surface area contributed by atoms with Crippen LogP contribution in [0.25, 0.3) is 0 Å². The minimum atomic E-state index is -0.967. The normalized spacial score (nSPS) is 18.8. The second kappa shape index (κ2) is 5.48. The molecule has 0 aliphatic carbocycles.